The number of rotatable bonds is 15. The van der Waals surface area contributed by atoms with Crippen LogP contribution in [-0.4, -0.2) is 73.8 Å². The van der Waals surface area contributed by atoms with E-state index >= 15 is 0 Å². The van der Waals surface area contributed by atoms with Gasteiger partial charge in [0, 0.05) is 36.8 Å². The molecule has 2 unspecified atom stereocenters. The highest BCUT2D eigenvalue weighted by molar-refractivity contribution is 6.00. The highest BCUT2D eigenvalue weighted by Crippen LogP contribution is 2.44. The molecular formula is C31H36F3N3O9. The molecule has 0 aliphatic carbocycles. The molecule has 0 radical (unpaired) electrons. The maximum absolute atomic E-state index is 14.1. The number of ether oxygens (including phenoxy) is 4. The lowest BCUT2D eigenvalue weighted by atomic mass is 9.80. The summed E-state index contributed by atoms with van der Waals surface area (Å²) >= 11 is 0. The predicted octanol–water partition coefficient (Wildman–Crippen LogP) is 4.30. The van der Waals surface area contributed by atoms with Crippen molar-refractivity contribution in [2.45, 2.75) is 51.4 Å². The molecule has 2 atom stereocenters. The first kappa shape index (κ1) is 35.8. The van der Waals surface area contributed by atoms with Crippen LogP contribution in [0.5, 0.6) is 11.5 Å². The van der Waals surface area contributed by atoms with Gasteiger partial charge in [-0.3, -0.25) is 10.1 Å². The number of nitro groups is 1. The van der Waals surface area contributed by atoms with Crippen molar-refractivity contribution in [3.05, 3.63) is 86.7 Å². The number of non-ortho nitro benzene ring substituents is 1. The number of hydrogen-bond acceptors (Lipinski definition) is 11. The van der Waals surface area contributed by atoms with Crippen LogP contribution in [-0.2, 0) is 19.1 Å². The number of benzene rings is 2. The van der Waals surface area contributed by atoms with Gasteiger partial charge >= 0.3 is 18.1 Å². The molecule has 0 saturated carbocycles. The SMILES string of the molecule is COC(=O)C1=C(C(F)(F)F)NC(C)=C(C(=O)OCCCOc2ccc(OCC(O)CNC(C)C)cc2)C1c1cccc([N+](=O)[O-])c1. The molecule has 1 aliphatic rings. The van der Waals surface area contributed by atoms with Crippen LogP contribution in [0.3, 0.4) is 0 Å². The summed E-state index contributed by atoms with van der Waals surface area (Å²) < 4.78 is 63.3. The van der Waals surface area contributed by atoms with Crippen LogP contribution in [0.15, 0.2) is 71.1 Å². The molecule has 3 rings (SSSR count). The number of nitrogens with zero attached hydrogens (tertiary/aromatic N) is 1. The van der Waals surface area contributed by atoms with Crippen molar-refractivity contribution in [2.75, 3.05) is 33.5 Å². The molecule has 1 heterocycles. The van der Waals surface area contributed by atoms with Crippen LogP contribution < -0.4 is 20.1 Å². The molecule has 0 amide bonds. The molecule has 3 N–H and O–H groups in total. The Kier molecular flexibility index (Phi) is 12.5. The monoisotopic (exact) mass is 651 g/mol. The molecule has 0 bridgehead atoms. The first-order valence-electron chi connectivity index (χ1n) is 14.3. The van der Waals surface area contributed by atoms with Gasteiger partial charge < -0.3 is 34.7 Å². The van der Waals surface area contributed by atoms with Crippen LogP contribution in [0, 0.1) is 10.1 Å². The average Bonchev–Trinajstić information content (AvgIpc) is 3.01. The fourth-order valence-electron chi connectivity index (χ4n) is 4.55. The number of esters is 2. The van der Waals surface area contributed by atoms with Crippen LogP contribution >= 0.6 is 0 Å². The molecule has 0 aromatic heterocycles. The zero-order valence-electron chi connectivity index (χ0n) is 25.7. The summed E-state index contributed by atoms with van der Waals surface area (Å²) in [5, 5.41) is 26.6. The Bertz CT molecular complexity index is 1460. The molecule has 1 aliphatic heterocycles. The molecule has 0 saturated heterocycles. The van der Waals surface area contributed by atoms with Gasteiger partial charge in [0.25, 0.3) is 5.69 Å². The standard InChI is InChI=1S/C31H36F3N3O9/c1-18(2)35-16-22(38)17-46-24-11-9-23(10-12-24)44-13-6-14-45-30(40)25-19(3)36-28(31(32,33)34)27(29(39)43-4)26(25)20-7-5-8-21(15-20)37(41)42/h5,7-12,15,18,22,26,35-36,38H,6,13-14,16-17H2,1-4H3. The fourth-order valence-corrected chi connectivity index (χ4v) is 4.55. The van der Waals surface area contributed by atoms with Crippen molar-refractivity contribution in [3.8, 4) is 11.5 Å². The van der Waals surface area contributed by atoms with E-state index in [1.807, 2.05) is 13.8 Å². The van der Waals surface area contributed by atoms with Gasteiger partial charge in [0.05, 0.1) is 42.3 Å². The number of carbonyl (C=O) groups excluding carboxylic acids is 2. The Morgan fingerprint density at radius 2 is 1.70 bits per heavy atom. The first-order valence-corrected chi connectivity index (χ1v) is 14.3. The number of methoxy groups -OCH3 is 1. The van der Waals surface area contributed by atoms with Gasteiger partial charge in [-0.05, 0) is 36.8 Å². The molecule has 2 aromatic rings. The average molecular weight is 652 g/mol. The van der Waals surface area contributed by atoms with Gasteiger partial charge in [0.15, 0.2) is 0 Å². The van der Waals surface area contributed by atoms with Crippen molar-refractivity contribution in [3.63, 3.8) is 0 Å². The summed E-state index contributed by atoms with van der Waals surface area (Å²) in [4.78, 5) is 36.7. The zero-order valence-corrected chi connectivity index (χ0v) is 25.7. The van der Waals surface area contributed by atoms with Gasteiger partial charge in [0.1, 0.15) is 29.9 Å². The van der Waals surface area contributed by atoms with Crippen LogP contribution in [0.4, 0.5) is 18.9 Å². The predicted molar refractivity (Wildman–Crippen MR) is 159 cm³/mol. The first-order chi connectivity index (χ1) is 21.7. The third kappa shape index (κ3) is 9.68. The number of aliphatic hydroxyl groups is 1. The number of carbonyl (C=O) groups is 2. The van der Waals surface area contributed by atoms with E-state index in [0.717, 1.165) is 19.2 Å². The smallest absolute Gasteiger partial charge is 0.431 e. The molecule has 46 heavy (non-hydrogen) atoms. The summed E-state index contributed by atoms with van der Waals surface area (Å²) in [6.07, 6.45) is -5.53. The topological polar surface area (TPSA) is 158 Å². The van der Waals surface area contributed by atoms with Crippen molar-refractivity contribution < 1.29 is 51.7 Å². The summed E-state index contributed by atoms with van der Waals surface area (Å²) in [5.74, 6) is -3.06. The number of nitrogens with one attached hydrogen (secondary N) is 2. The molecule has 2 aromatic carbocycles. The number of hydrogen-bond donors (Lipinski definition) is 3. The highest BCUT2D eigenvalue weighted by Gasteiger charge is 2.47. The van der Waals surface area contributed by atoms with E-state index in [-0.39, 0.29) is 49.1 Å². The van der Waals surface area contributed by atoms with Crippen LogP contribution in [0.2, 0.25) is 0 Å². The molecular weight excluding hydrogens is 615 g/mol. The van der Waals surface area contributed by atoms with E-state index in [1.54, 1.807) is 24.3 Å². The summed E-state index contributed by atoms with van der Waals surface area (Å²) in [5.41, 5.74) is -3.53. The van der Waals surface area contributed by atoms with Gasteiger partial charge in [-0.2, -0.15) is 13.2 Å². The molecule has 250 valence electrons. The van der Waals surface area contributed by atoms with Gasteiger partial charge in [-0.1, -0.05) is 26.0 Å². The van der Waals surface area contributed by atoms with E-state index < -0.39 is 52.0 Å². The van der Waals surface area contributed by atoms with E-state index in [2.05, 4.69) is 15.4 Å². The second kappa shape index (κ2) is 16.1. The number of allylic oxidation sites excluding steroid dienone is 2. The maximum atomic E-state index is 14.1. The number of nitro benzene ring substituents is 1. The number of dihydropyridines is 1. The minimum absolute atomic E-state index is 0.104. The van der Waals surface area contributed by atoms with Crippen LogP contribution in [0.1, 0.15) is 38.7 Å². The van der Waals surface area contributed by atoms with E-state index in [1.165, 1.54) is 19.1 Å². The largest absolute Gasteiger partial charge is 0.493 e. The van der Waals surface area contributed by atoms with Crippen molar-refractivity contribution in [1.29, 1.82) is 0 Å². The lowest BCUT2D eigenvalue weighted by Gasteiger charge is -2.31. The molecule has 12 nitrogen and oxygen atoms in total. The van der Waals surface area contributed by atoms with E-state index in [4.69, 9.17) is 14.2 Å². The molecule has 0 spiro atoms. The minimum Gasteiger partial charge on any atom is -0.493 e. The Balaban J connectivity index is 1.67. The zero-order chi connectivity index (χ0) is 34.0. The normalized spacial score (nSPS) is 15.7. The fraction of sp³-hybridized carbons (Fsp3) is 0.419. The Labute approximate surface area is 263 Å². The van der Waals surface area contributed by atoms with E-state index in [0.29, 0.717) is 18.0 Å². The lowest BCUT2D eigenvalue weighted by Crippen LogP contribution is -2.38. The van der Waals surface area contributed by atoms with E-state index in [9.17, 15) is 38.0 Å². The number of aliphatic hydroxyl groups excluding tert-OH is 1. The Morgan fingerprint density at radius 3 is 2.28 bits per heavy atom. The van der Waals surface area contributed by atoms with Crippen molar-refractivity contribution >= 4 is 17.6 Å². The van der Waals surface area contributed by atoms with Crippen molar-refractivity contribution in [1.82, 2.24) is 10.6 Å². The van der Waals surface area contributed by atoms with Gasteiger partial charge in [-0.15, -0.1) is 0 Å². The number of halogens is 3. The molecule has 15 heteroatoms. The van der Waals surface area contributed by atoms with Gasteiger partial charge in [-0.25, -0.2) is 9.59 Å². The third-order valence-corrected chi connectivity index (χ3v) is 6.70. The summed E-state index contributed by atoms with van der Waals surface area (Å²) in [6, 6.07) is 11.5. The second-order valence-electron chi connectivity index (χ2n) is 10.6. The maximum Gasteiger partial charge on any atom is 0.431 e. The Morgan fingerprint density at radius 1 is 1.04 bits per heavy atom. The van der Waals surface area contributed by atoms with Gasteiger partial charge in [0.2, 0.25) is 0 Å². The quantitative estimate of drug-likeness (QED) is 0.109. The molecule has 0 fully saturated rings. The summed E-state index contributed by atoms with van der Waals surface area (Å²) in [6.45, 7) is 5.57. The van der Waals surface area contributed by atoms with Crippen LogP contribution in [0.25, 0.3) is 0 Å². The lowest BCUT2D eigenvalue weighted by molar-refractivity contribution is -0.384. The Hall–Kier alpha value is -4.63. The van der Waals surface area contributed by atoms with Crippen molar-refractivity contribution in [2.24, 2.45) is 0 Å². The number of alkyl halides is 3. The summed E-state index contributed by atoms with van der Waals surface area (Å²) in [7, 11) is 0.884. The highest BCUT2D eigenvalue weighted by atomic mass is 19.4. The second-order valence-corrected chi connectivity index (χ2v) is 10.6. The minimum atomic E-state index is -5.05. The third-order valence-electron chi connectivity index (χ3n) is 6.70.